The molecule has 0 spiro atoms. The van der Waals surface area contributed by atoms with Gasteiger partial charge in [-0.3, -0.25) is 14.5 Å². The molecule has 170 valence electrons. The van der Waals surface area contributed by atoms with Crippen molar-refractivity contribution in [2.24, 2.45) is 5.73 Å². The minimum atomic E-state index is -0.979. The van der Waals surface area contributed by atoms with Crippen molar-refractivity contribution >= 4 is 28.9 Å². The van der Waals surface area contributed by atoms with Crippen LogP contribution >= 0.6 is 0 Å². The second-order valence-corrected chi connectivity index (χ2v) is 8.20. The largest absolute Gasteiger partial charge is 0.444 e. The molecular formula is C23H23N5O5. The molecule has 3 amide bonds. The third-order valence-corrected chi connectivity index (χ3v) is 5.93. The number of carbonyl (C=O) groups excluding carboxylic acids is 3. The van der Waals surface area contributed by atoms with Gasteiger partial charge in [0.1, 0.15) is 6.10 Å². The maximum atomic E-state index is 12.7. The highest BCUT2D eigenvalue weighted by Gasteiger charge is 2.37. The summed E-state index contributed by atoms with van der Waals surface area (Å²) in [6.45, 7) is 0.594. The van der Waals surface area contributed by atoms with Crippen molar-refractivity contribution in [1.82, 2.24) is 19.7 Å². The van der Waals surface area contributed by atoms with Crippen LogP contribution in [0, 0.1) is 0 Å². The van der Waals surface area contributed by atoms with E-state index in [-0.39, 0.29) is 19.2 Å². The van der Waals surface area contributed by atoms with Gasteiger partial charge in [0, 0.05) is 24.6 Å². The summed E-state index contributed by atoms with van der Waals surface area (Å²) < 4.78 is 12.8. The van der Waals surface area contributed by atoms with E-state index in [9.17, 15) is 14.4 Å². The summed E-state index contributed by atoms with van der Waals surface area (Å²) in [6, 6.07) is 8.50. The zero-order valence-corrected chi connectivity index (χ0v) is 17.8. The van der Waals surface area contributed by atoms with E-state index in [2.05, 4.69) is 10.1 Å². The number of carbonyl (C=O) groups is 3. The predicted octanol–water partition coefficient (Wildman–Crippen LogP) is 2.43. The second-order valence-electron chi connectivity index (χ2n) is 8.20. The first-order chi connectivity index (χ1) is 16.0. The molecule has 2 aromatic heterocycles. The summed E-state index contributed by atoms with van der Waals surface area (Å²) >= 11 is 0. The van der Waals surface area contributed by atoms with Crippen molar-refractivity contribution in [2.75, 3.05) is 13.2 Å². The Morgan fingerprint density at radius 3 is 2.61 bits per heavy atom. The van der Waals surface area contributed by atoms with Crippen LogP contribution in [0.15, 0.2) is 42.7 Å². The predicted molar refractivity (Wildman–Crippen MR) is 116 cm³/mol. The molecule has 3 aromatic rings. The third kappa shape index (κ3) is 4.05. The number of nitrogens with zero attached hydrogens (tertiary/aromatic N) is 4. The Hall–Kier alpha value is -3.79. The Balaban J connectivity index is 1.35. The number of ether oxygens (including phenoxy) is 2. The number of pyridine rings is 1. The van der Waals surface area contributed by atoms with Crippen molar-refractivity contribution in [3.63, 3.8) is 0 Å². The fourth-order valence-electron chi connectivity index (χ4n) is 4.40. The Kier molecular flexibility index (Phi) is 5.51. The van der Waals surface area contributed by atoms with Crippen LogP contribution in [0.5, 0.6) is 0 Å². The summed E-state index contributed by atoms with van der Waals surface area (Å²) in [5.74, 6) is -0.841. The number of imide groups is 1. The lowest BCUT2D eigenvalue weighted by atomic mass is 10.1. The van der Waals surface area contributed by atoms with E-state index in [1.807, 2.05) is 6.07 Å². The molecule has 1 saturated heterocycles. The second kappa shape index (κ2) is 8.62. The Morgan fingerprint density at radius 1 is 1.18 bits per heavy atom. The van der Waals surface area contributed by atoms with Gasteiger partial charge in [-0.15, -0.1) is 0 Å². The number of fused-ring (bicyclic) bond motifs is 2. The quantitative estimate of drug-likeness (QED) is 0.572. The van der Waals surface area contributed by atoms with E-state index in [1.54, 1.807) is 41.3 Å². The molecule has 2 N–H and O–H groups in total. The minimum Gasteiger partial charge on any atom is -0.444 e. The summed E-state index contributed by atoms with van der Waals surface area (Å²) in [5, 5.41) is 5.26. The molecule has 4 heterocycles. The summed E-state index contributed by atoms with van der Waals surface area (Å²) in [5.41, 5.74) is 7.39. The first kappa shape index (κ1) is 21.1. The number of benzene rings is 1. The van der Waals surface area contributed by atoms with Crippen LogP contribution in [0.1, 0.15) is 51.8 Å². The van der Waals surface area contributed by atoms with Gasteiger partial charge in [0.2, 0.25) is 0 Å². The summed E-state index contributed by atoms with van der Waals surface area (Å²) in [4.78, 5) is 42.6. The molecular weight excluding hydrogens is 426 g/mol. The number of amides is 3. The van der Waals surface area contributed by atoms with Gasteiger partial charge in [-0.05, 0) is 43.0 Å². The molecule has 2 aliphatic rings. The lowest BCUT2D eigenvalue weighted by molar-refractivity contribution is -0.0370. The zero-order chi connectivity index (χ0) is 22.9. The maximum Gasteiger partial charge on any atom is 0.404 e. The highest BCUT2D eigenvalue weighted by molar-refractivity contribution is 6.21. The molecule has 1 fully saturated rings. The van der Waals surface area contributed by atoms with Crippen molar-refractivity contribution < 1.29 is 23.9 Å². The van der Waals surface area contributed by atoms with Gasteiger partial charge >= 0.3 is 6.09 Å². The first-order valence-corrected chi connectivity index (χ1v) is 10.9. The maximum absolute atomic E-state index is 12.7. The monoisotopic (exact) mass is 449 g/mol. The normalized spacial score (nSPS) is 19.0. The van der Waals surface area contributed by atoms with Gasteiger partial charge in [0.15, 0.2) is 11.9 Å². The van der Waals surface area contributed by atoms with Gasteiger partial charge in [0.05, 0.1) is 23.9 Å². The highest BCUT2D eigenvalue weighted by atomic mass is 16.6. The lowest BCUT2D eigenvalue weighted by Gasteiger charge is -2.23. The molecule has 2 unspecified atom stereocenters. The van der Waals surface area contributed by atoms with Crippen LogP contribution in [0.2, 0.25) is 0 Å². The number of primary amides is 1. The van der Waals surface area contributed by atoms with Crippen molar-refractivity contribution in [3.8, 4) is 0 Å². The Bertz CT molecular complexity index is 1200. The average molecular weight is 449 g/mol. The lowest BCUT2D eigenvalue weighted by Crippen LogP contribution is -2.40. The standard InChI is InChI=1S/C23H23N5O5/c24-23(31)33-16(13-27-21(29)17-5-1-2-6-18(17)22(27)30)10-14-9-15-12-26-28(20(15)25-11-14)19-7-3-4-8-32-19/h1-2,5-6,9,11-12,16,19H,3-4,7-8,10,13H2,(H2,24,31). The van der Waals surface area contributed by atoms with Crippen molar-refractivity contribution in [1.29, 1.82) is 0 Å². The fourth-order valence-corrected chi connectivity index (χ4v) is 4.40. The topological polar surface area (TPSA) is 130 Å². The minimum absolute atomic E-state index is 0.109. The summed E-state index contributed by atoms with van der Waals surface area (Å²) in [6.07, 6.45) is 4.69. The van der Waals surface area contributed by atoms with Crippen LogP contribution < -0.4 is 5.73 Å². The smallest absolute Gasteiger partial charge is 0.404 e. The molecule has 2 aliphatic heterocycles. The molecule has 0 saturated carbocycles. The van der Waals surface area contributed by atoms with Gasteiger partial charge < -0.3 is 15.2 Å². The Morgan fingerprint density at radius 2 is 1.94 bits per heavy atom. The van der Waals surface area contributed by atoms with Crippen molar-refractivity contribution in [3.05, 3.63) is 59.4 Å². The van der Waals surface area contributed by atoms with E-state index in [1.165, 1.54) is 0 Å². The van der Waals surface area contributed by atoms with Crippen LogP contribution in [-0.2, 0) is 15.9 Å². The van der Waals surface area contributed by atoms with Crippen molar-refractivity contribution in [2.45, 2.75) is 38.0 Å². The molecule has 1 aromatic carbocycles. The number of hydrogen-bond acceptors (Lipinski definition) is 7. The summed E-state index contributed by atoms with van der Waals surface area (Å²) in [7, 11) is 0. The third-order valence-electron chi connectivity index (χ3n) is 5.93. The average Bonchev–Trinajstić information content (AvgIpc) is 3.34. The van der Waals surface area contributed by atoms with Crippen LogP contribution in [0.25, 0.3) is 11.0 Å². The number of aromatic nitrogens is 3. The number of rotatable bonds is 6. The molecule has 0 bridgehead atoms. The van der Waals surface area contributed by atoms with Crippen LogP contribution in [0.3, 0.4) is 0 Å². The van der Waals surface area contributed by atoms with E-state index in [0.717, 1.165) is 35.1 Å². The number of nitrogens with two attached hydrogens (primary N) is 1. The van der Waals surface area contributed by atoms with E-state index in [4.69, 9.17) is 15.2 Å². The van der Waals surface area contributed by atoms with Gasteiger partial charge in [-0.2, -0.15) is 5.10 Å². The van der Waals surface area contributed by atoms with Gasteiger partial charge in [0.25, 0.3) is 11.8 Å². The molecule has 33 heavy (non-hydrogen) atoms. The van der Waals surface area contributed by atoms with E-state index in [0.29, 0.717) is 23.4 Å². The molecule has 0 radical (unpaired) electrons. The molecule has 10 heteroatoms. The van der Waals surface area contributed by atoms with Gasteiger partial charge in [-0.1, -0.05) is 12.1 Å². The fraction of sp³-hybridized carbons (Fsp3) is 0.348. The molecule has 10 nitrogen and oxygen atoms in total. The van der Waals surface area contributed by atoms with Gasteiger partial charge in [-0.25, -0.2) is 14.5 Å². The Labute approximate surface area is 189 Å². The zero-order valence-electron chi connectivity index (χ0n) is 17.8. The highest BCUT2D eigenvalue weighted by Crippen LogP contribution is 2.26. The van der Waals surface area contributed by atoms with Crippen LogP contribution in [0.4, 0.5) is 4.79 Å². The van der Waals surface area contributed by atoms with E-state index < -0.39 is 24.0 Å². The molecule has 5 rings (SSSR count). The molecule has 0 aliphatic carbocycles. The first-order valence-electron chi connectivity index (χ1n) is 10.9. The molecule has 2 atom stereocenters. The van der Waals surface area contributed by atoms with E-state index >= 15 is 0 Å². The number of hydrogen-bond donors (Lipinski definition) is 1. The van der Waals surface area contributed by atoms with Crippen LogP contribution in [-0.4, -0.2) is 56.8 Å². The SMILES string of the molecule is NC(=O)OC(Cc1cnc2c(cnn2C2CCCCO2)c1)CN1C(=O)c2ccccc2C1=O.